The van der Waals surface area contributed by atoms with Crippen molar-refractivity contribution in [3.05, 3.63) is 63.9 Å². The molecule has 4 N–H and O–H groups in total. The van der Waals surface area contributed by atoms with Crippen LogP contribution >= 0.6 is 0 Å². The zero-order valence-electron chi connectivity index (χ0n) is 18.3. The molecule has 0 radical (unpaired) electrons. The van der Waals surface area contributed by atoms with Gasteiger partial charge in [0, 0.05) is 11.6 Å². The molecule has 0 bridgehead atoms. The number of aromatic nitrogens is 2. The maximum absolute atomic E-state index is 12.9. The Labute approximate surface area is 206 Å². The summed E-state index contributed by atoms with van der Waals surface area (Å²) in [4.78, 5) is 22.4. The van der Waals surface area contributed by atoms with Crippen molar-refractivity contribution in [2.24, 2.45) is 10.2 Å². The van der Waals surface area contributed by atoms with Crippen LogP contribution in [0.15, 0.2) is 71.8 Å². The second kappa shape index (κ2) is 8.89. The number of carbonyl (C=O) groups is 1. The molecule has 17 heteroatoms. The third-order valence-electron chi connectivity index (χ3n) is 5.11. The fourth-order valence-corrected chi connectivity index (χ4v) is 4.68. The van der Waals surface area contributed by atoms with Gasteiger partial charge in [0.1, 0.15) is 0 Å². The highest BCUT2D eigenvalue weighted by molar-refractivity contribution is 7.86. The highest BCUT2D eigenvalue weighted by Crippen LogP contribution is 2.36. The Kier molecular flexibility index (Phi) is 6.16. The summed E-state index contributed by atoms with van der Waals surface area (Å²) in [5, 5.41) is 31.2. The summed E-state index contributed by atoms with van der Waals surface area (Å²) in [6, 6.07) is 7.63. The number of fused-ring (bicyclic) bond motifs is 1. The lowest BCUT2D eigenvalue weighted by atomic mass is 10.2. The number of aromatic hydroxyl groups is 1. The first-order valence-corrected chi connectivity index (χ1v) is 12.7. The minimum Gasteiger partial charge on any atom is -0.493 e. The van der Waals surface area contributed by atoms with Crippen LogP contribution < -0.4 is 5.56 Å². The smallest absolute Gasteiger partial charge is 0.335 e. The normalized spacial score (nSPS) is 12.4. The largest absolute Gasteiger partial charge is 0.493 e. The van der Waals surface area contributed by atoms with Gasteiger partial charge < -0.3 is 14.7 Å². The number of carboxylic acid groups (broad SMARTS) is 1. The molecule has 0 aliphatic carbocycles. The first-order valence-electron chi connectivity index (χ1n) is 9.78. The van der Waals surface area contributed by atoms with Crippen LogP contribution in [0.5, 0.6) is 5.88 Å². The van der Waals surface area contributed by atoms with Crippen molar-refractivity contribution < 1.29 is 45.5 Å². The quantitative estimate of drug-likeness (QED) is 0.200. The molecule has 0 aliphatic heterocycles. The van der Waals surface area contributed by atoms with E-state index < -0.39 is 58.7 Å². The fraction of sp³-hybridized carbons (Fsp3) is 0.0500. The number of pyridine rings is 1. The zero-order valence-corrected chi connectivity index (χ0v) is 19.9. The van der Waals surface area contributed by atoms with Crippen molar-refractivity contribution in [3.8, 4) is 11.6 Å². The summed E-state index contributed by atoms with van der Waals surface area (Å²) in [5.74, 6) is -2.42. The Morgan fingerprint density at radius 2 is 1.65 bits per heavy atom. The number of carboxylic acids is 1. The predicted molar refractivity (Wildman–Crippen MR) is 123 cm³/mol. The molecule has 4 aromatic rings. The van der Waals surface area contributed by atoms with E-state index in [1.807, 2.05) is 0 Å². The topological polar surface area (TPSA) is 239 Å². The third-order valence-corrected chi connectivity index (χ3v) is 6.96. The molecule has 0 atom stereocenters. The summed E-state index contributed by atoms with van der Waals surface area (Å²) in [6.07, 6.45) is 0. The van der Waals surface area contributed by atoms with Crippen molar-refractivity contribution in [3.63, 3.8) is 0 Å². The van der Waals surface area contributed by atoms with Gasteiger partial charge in [-0.15, -0.1) is 10.2 Å². The number of benzene rings is 2. The fourth-order valence-electron chi connectivity index (χ4n) is 3.39. The van der Waals surface area contributed by atoms with E-state index in [0.29, 0.717) is 4.57 Å². The lowest BCUT2D eigenvalue weighted by Gasteiger charge is -2.14. The van der Waals surface area contributed by atoms with Gasteiger partial charge in [-0.3, -0.25) is 13.9 Å². The molecule has 4 rings (SSSR count). The van der Waals surface area contributed by atoms with E-state index in [0.717, 1.165) is 43.3 Å². The molecule has 0 saturated carbocycles. The average molecular weight is 550 g/mol. The van der Waals surface area contributed by atoms with Crippen LogP contribution in [-0.2, 0) is 20.2 Å². The van der Waals surface area contributed by atoms with E-state index in [2.05, 4.69) is 15.4 Å². The molecular weight excluding hydrogens is 536 g/mol. The van der Waals surface area contributed by atoms with Gasteiger partial charge >= 0.3 is 5.97 Å². The molecule has 2 heterocycles. The minimum absolute atomic E-state index is 0.105. The Morgan fingerprint density at radius 1 is 1.00 bits per heavy atom. The van der Waals surface area contributed by atoms with Crippen LogP contribution in [0.1, 0.15) is 15.9 Å². The Hall–Kier alpha value is -4.45. The van der Waals surface area contributed by atoms with E-state index in [9.17, 15) is 36.1 Å². The second-order valence-electron chi connectivity index (χ2n) is 7.43. The van der Waals surface area contributed by atoms with Crippen molar-refractivity contribution in [2.75, 3.05) is 0 Å². The van der Waals surface area contributed by atoms with Crippen LogP contribution in [0.3, 0.4) is 0 Å². The number of hydrogen-bond acceptors (Lipinski definition) is 11. The number of aromatic carboxylic acids is 1. The zero-order chi connectivity index (χ0) is 27.3. The van der Waals surface area contributed by atoms with Crippen LogP contribution in [-0.4, -0.2) is 51.8 Å². The maximum Gasteiger partial charge on any atom is 0.335 e. The molecule has 0 spiro atoms. The van der Waals surface area contributed by atoms with Gasteiger partial charge in [-0.05, 0) is 43.3 Å². The van der Waals surface area contributed by atoms with E-state index in [4.69, 9.17) is 14.2 Å². The van der Waals surface area contributed by atoms with E-state index in [1.165, 1.54) is 6.07 Å². The molecule has 15 nitrogen and oxygen atoms in total. The number of hydrogen-bond donors (Lipinski definition) is 4. The third kappa shape index (κ3) is 4.70. The first kappa shape index (κ1) is 25.6. The van der Waals surface area contributed by atoms with Gasteiger partial charge in [0.25, 0.3) is 25.8 Å². The van der Waals surface area contributed by atoms with Crippen LogP contribution in [0.4, 0.5) is 11.5 Å². The lowest BCUT2D eigenvalue weighted by molar-refractivity contribution is 0.0697. The summed E-state index contributed by atoms with van der Waals surface area (Å²) in [7, 11) is -9.67. The molecule has 2 aromatic heterocycles. The Bertz CT molecular complexity index is 1890. The van der Waals surface area contributed by atoms with Crippen molar-refractivity contribution >= 4 is 48.7 Å². The molecule has 0 amide bonds. The van der Waals surface area contributed by atoms with Gasteiger partial charge in [0.2, 0.25) is 11.7 Å². The molecule has 0 fully saturated rings. The highest BCUT2D eigenvalue weighted by atomic mass is 32.2. The van der Waals surface area contributed by atoms with Crippen molar-refractivity contribution in [1.29, 1.82) is 0 Å². The van der Waals surface area contributed by atoms with Crippen LogP contribution in [0.2, 0.25) is 0 Å². The van der Waals surface area contributed by atoms with E-state index in [-0.39, 0.29) is 28.0 Å². The first-order chi connectivity index (χ1) is 17.2. The molecule has 0 unspecified atom stereocenters. The predicted octanol–water partition coefficient (Wildman–Crippen LogP) is 2.60. The average Bonchev–Trinajstić information content (AvgIpc) is 3.20. The van der Waals surface area contributed by atoms with Gasteiger partial charge in [-0.25, -0.2) is 9.36 Å². The van der Waals surface area contributed by atoms with Gasteiger partial charge in [-0.1, -0.05) is 5.16 Å². The number of rotatable bonds is 6. The summed E-state index contributed by atoms with van der Waals surface area (Å²) in [6.45, 7) is 1.08. The van der Waals surface area contributed by atoms with Gasteiger partial charge in [-0.2, -0.15) is 16.8 Å². The molecule has 0 saturated heterocycles. The van der Waals surface area contributed by atoms with E-state index in [1.54, 1.807) is 0 Å². The number of nitrogens with zero attached hydrogens (tertiary/aromatic N) is 4. The summed E-state index contributed by atoms with van der Waals surface area (Å²) >= 11 is 0. The van der Waals surface area contributed by atoms with E-state index >= 15 is 0 Å². The van der Waals surface area contributed by atoms with Crippen LogP contribution in [0.25, 0.3) is 16.7 Å². The summed E-state index contributed by atoms with van der Waals surface area (Å²) in [5.41, 5.74) is -2.79. The Balaban J connectivity index is 1.92. The Morgan fingerprint density at radius 3 is 2.22 bits per heavy atom. The SMILES string of the molecule is Cc1c(N=Nc2noc3cc(S(=O)(=O)O)ccc23)c(O)n(-c2ccc(C(=O)O)cc2)c(=O)c1S(=O)(=O)O. The number of azo groups is 1. The molecule has 0 aliphatic rings. The monoisotopic (exact) mass is 550 g/mol. The minimum atomic E-state index is -5.14. The van der Waals surface area contributed by atoms with Gasteiger partial charge in [0.05, 0.1) is 21.5 Å². The molecule has 2 aromatic carbocycles. The van der Waals surface area contributed by atoms with Crippen LogP contribution in [0, 0.1) is 6.92 Å². The standard InChI is InChI=1S/C20H14N4O11S2/c1-9-15(21-22-17-13-7-6-12(36(29,30)31)8-14(13)35-23-17)18(25)24(19(26)16(9)37(32,33)34)11-4-2-10(3-5-11)20(27)28/h2-8,25H,1H3,(H,27,28)(H,29,30,31)(H,32,33,34). The maximum atomic E-state index is 12.9. The van der Waals surface area contributed by atoms with Crippen molar-refractivity contribution in [2.45, 2.75) is 16.7 Å². The lowest BCUT2D eigenvalue weighted by Crippen LogP contribution is -2.26. The molecular formula is C20H14N4O11S2. The van der Waals surface area contributed by atoms with Crippen molar-refractivity contribution in [1.82, 2.24) is 9.72 Å². The van der Waals surface area contributed by atoms with Gasteiger partial charge in [0.15, 0.2) is 16.2 Å². The molecule has 192 valence electrons. The summed E-state index contributed by atoms with van der Waals surface area (Å²) < 4.78 is 70.9. The second-order valence-corrected chi connectivity index (χ2v) is 10.2. The molecule has 37 heavy (non-hydrogen) atoms. The highest BCUT2D eigenvalue weighted by Gasteiger charge is 2.28.